The largest absolute Gasteiger partial charge is 0.310 e. The van der Waals surface area contributed by atoms with Gasteiger partial charge in [-0.1, -0.05) is 141 Å². The van der Waals surface area contributed by atoms with Crippen molar-refractivity contribution < 1.29 is 0 Å². The molecule has 0 aliphatic heterocycles. The van der Waals surface area contributed by atoms with E-state index in [0.29, 0.717) is 0 Å². The summed E-state index contributed by atoms with van der Waals surface area (Å²) >= 11 is 0. The van der Waals surface area contributed by atoms with Crippen molar-refractivity contribution in [1.29, 1.82) is 0 Å². The Morgan fingerprint density at radius 1 is 0.281 bits per heavy atom. The SMILES string of the molecule is CCC1(CC)c2ccc(N(c3ccccc3)c3cccc(N(c4ccccc4)c4cccc(N(c5ccccc5)c5ccccc5)c4)c3)cc2-c2cc3ccc4ccccc4c3cc21. The highest BCUT2D eigenvalue weighted by Gasteiger charge is 2.41. The molecule has 308 valence electrons. The molecule has 1 aliphatic rings. The summed E-state index contributed by atoms with van der Waals surface area (Å²) in [4.78, 5) is 7.11. The summed E-state index contributed by atoms with van der Waals surface area (Å²) < 4.78 is 0. The highest BCUT2D eigenvalue weighted by molar-refractivity contribution is 6.10. The third-order valence-corrected chi connectivity index (χ3v) is 13.4. The minimum absolute atomic E-state index is 0.0624. The number of para-hydroxylation sites is 4. The van der Waals surface area contributed by atoms with Crippen LogP contribution in [0.4, 0.5) is 51.2 Å². The second-order valence-electron chi connectivity index (χ2n) is 16.8. The van der Waals surface area contributed by atoms with Crippen LogP contribution >= 0.6 is 0 Å². The zero-order valence-corrected chi connectivity index (χ0v) is 36.3. The second kappa shape index (κ2) is 16.4. The van der Waals surface area contributed by atoms with Gasteiger partial charge in [0.05, 0.1) is 0 Å². The van der Waals surface area contributed by atoms with Crippen LogP contribution in [0.5, 0.6) is 0 Å². The van der Waals surface area contributed by atoms with Crippen molar-refractivity contribution in [3.8, 4) is 11.1 Å². The minimum Gasteiger partial charge on any atom is -0.310 e. The van der Waals surface area contributed by atoms with Gasteiger partial charge in [-0.15, -0.1) is 0 Å². The van der Waals surface area contributed by atoms with Gasteiger partial charge in [-0.3, -0.25) is 0 Å². The van der Waals surface area contributed by atoms with Crippen LogP contribution in [0.25, 0.3) is 32.7 Å². The van der Waals surface area contributed by atoms with Crippen molar-refractivity contribution in [2.75, 3.05) is 14.7 Å². The molecule has 0 saturated carbocycles. The molecule has 0 unspecified atom stereocenters. The maximum absolute atomic E-state index is 2.52. The van der Waals surface area contributed by atoms with Gasteiger partial charge in [-0.05, 0) is 166 Å². The molecule has 3 nitrogen and oxygen atoms in total. The van der Waals surface area contributed by atoms with Gasteiger partial charge in [-0.2, -0.15) is 0 Å². The van der Waals surface area contributed by atoms with Gasteiger partial charge in [0, 0.05) is 56.6 Å². The summed E-state index contributed by atoms with van der Waals surface area (Å²) in [6.45, 7) is 4.72. The molecule has 0 spiro atoms. The summed E-state index contributed by atoms with van der Waals surface area (Å²) in [6, 6.07) is 86.2. The van der Waals surface area contributed by atoms with Crippen LogP contribution in [0.2, 0.25) is 0 Å². The van der Waals surface area contributed by atoms with E-state index >= 15 is 0 Å². The maximum Gasteiger partial charge on any atom is 0.0482 e. The van der Waals surface area contributed by atoms with Crippen molar-refractivity contribution in [2.45, 2.75) is 32.1 Å². The fourth-order valence-corrected chi connectivity index (χ4v) is 10.3. The number of hydrogen-bond donors (Lipinski definition) is 0. The zero-order chi connectivity index (χ0) is 43.0. The van der Waals surface area contributed by atoms with Gasteiger partial charge >= 0.3 is 0 Å². The molecule has 11 rings (SSSR count). The Bertz CT molecular complexity index is 3210. The molecule has 1 aliphatic carbocycles. The predicted molar refractivity (Wildman–Crippen MR) is 272 cm³/mol. The molecule has 0 aromatic heterocycles. The smallest absolute Gasteiger partial charge is 0.0482 e. The van der Waals surface area contributed by atoms with E-state index in [4.69, 9.17) is 0 Å². The Morgan fingerprint density at radius 2 is 0.672 bits per heavy atom. The highest BCUT2D eigenvalue weighted by Crippen LogP contribution is 2.55. The van der Waals surface area contributed by atoms with Gasteiger partial charge < -0.3 is 14.7 Å². The molecule has 10 aromatic rings. The van der Waals surface area contributed by atoms with Crippen LogP contribution in [0.3, 0.4) is 0 Å². The van der Waals surface area contributed by atoms with Gasteiger partial charge in [0.1, 0.15) is 0 Å². The summed E-state index contributed by atoms with van der Waals surface area (Å²) in [5, 5.41) is 5.22. The van der Waals surface area contributed by atoms with Crippen LogP contribution in [-0.4, -0.2) is 0 Å². The number of rotatable bonds is 11. The molecular formula is C61H49N3. The first-order valence-corrected chi connectivity index (χ1v) is 22.6. The Balaban J connectivity index is 1.06. The van der Waals surface area contributed by atoms with Crippen LogP contribution in [0.1, 0.15) is 37.8 Å². The minimum atomic E-state index is -0.0624. The molecule has 10 aromatic carbocycles. The van der Waals surface area contributed by atoms with E-state index in [1.54, 1.807) is 0 Å². The molecular weight excluding hydrogens is 775 g/mol. The average Bonchev–Trinajstić information content (AvgIpc) is 3.63. The Kier molecular flexibility index (Phi) is 10.0. The topological polar surface area (TPSA) is 9.72 Å². The van der Waals surface area contributed by atoms with Crippen LogP contribution < -0.4 is 14.7 Å². The molecule has 0 amide bonds. The fourth-order valence-electron chi connectivity index (χ4n) is 10.3. The Labute approximate surface area is 376 Å². The summed E-state index contributed by atoms with van der Waals surface area (Å²) in [6.07, 6.45) is 2.07. The molecule has 0 atom stereocenters. The average molecular weight is 824 g/mol. The van der Waals surface area contributed by atoms with E-state index in [9.17, 15) is 0 Å². The lowest BCUT2D eigenvalue weighted by atomic mass is 9.73. The van der Waals surface area contributed by atoms with Crippen molar-refractivity contribution >= 4 is 72.7 Å². The normalized spacial score (nSPS) is 12.5. The van der Waals surface area contributed by atoms with Crippen LogP contribution in [0, 0.1) is 0 Å². The predicted octanol–water partition coefficient (Wildman–Crippen LogP) is 17.5. The first-order chi connectivity index (χ1) is 31.6. The summed E-state index contributed by atoms with van der Waals surface area (Å²) in [7, 11) is 0. The van der Waals surface area contributed by atoms with E-state index in [1.807, 2.05) is 0 Å². The van der Waals surface area contributed by atoms with Gasteiger partial charge in [0.15, 0.2) is 0 Å². The van der Waals surface area contributed by atoms with Gasteiger partial charge in [0.25, 0.3) is 0 Å². The Morgan fingerprint density at radius 3 is 1.16 bits per heavy atom. The van der Waals surface area contributed by atoms with Crippen molar-refractivity contribution in [3.05, 3.63) is 248 Å². The molecule has 64 heavy (non-hydrogen) atoms. The first kappa shape index (κ1) is 39.0. The number of benzene rings is 10. The molecule has 0 heterocycles. The van der Waals surface area contributed by atoms with Crippen LogP contribution in [0.15, 0.2) is 237 Å². The molecule has 0 N–H and O–H groups in total. The van der Waals surface area contributed by atoms with Gasteiger partial charge in [-0.25, -0.2) is 0 Å². The van der Waals surface area contributed by atoms with Crippen molar-refractivity contribution in [3.63, 3.8) is 0 Å². The van der Waals surface area contributed by atoms with E-state index < -0.39 is 0 Å². The standard InChI is InChI=1S/C61H49N3/c1-3-61(4-2)59-38-37-54(42-58(59)57-39-45-36-35-44-21-17-18-34-55(44)56(45)43-60(57)61)64(49-28-15-8-16-29-49)53-33-20-32-52(41-53)63(48-26-13-7-14-27-48)51-31-19-30-50(40-51)62(46-22-9-5-10-23-46)47-24-11-6-12-25-47/h5-43H,3-4H2,1-2H3. The lowest BCUT2D eigenvalue weighted by molar-refractivity contribution is 0.491. The molecule has 0 bridgehead atoms. The third kappa shape index (κ3) is 6.69. The maximum atomic E-state index is 2.52. The summed E-state index contributed by atoms with van der Waals surface area (Å²) in [5.41, 5.74) is 15.3. The Hall–Kier alpha value is -7.88. The van der Waals surface area contributed by atoms with E-state index in [-0.39, 0.29) is 5.41 Å². The first-order valence-electron chi connectivity index (χ1n) is 22.6. The quantitative estimate of drug-likeness (QED) is 0.120. The van der Waals surface area contributed by atoms with E-state index in [2.05, 4.69) is 265 Å². The summed E-state index contributed by atoms with van der Waals surface area (Å²) in [5.74, 6) is 0. The number of nitrogens with zero attached hydrogens (tertiary/aromatic N) is 3. The fraction of sp³-hybridized carbons (Fsp3) is 0.0820. The number of anilines is 9. The van der Waals surface area contributed by atoms with Crippen molar-refractivity contribution in [1.82, 2.24) is 0 Å². The van der Waals surface area contributed by atoms with Crippen LogP contribution in [-0.2, 0) is 5.41 Å². The van der Waals surface area contributed by atoms with Crippen molar-refractivity contribution in [2.24, 2.45) is 0 Å². The molecule has 0 saturated heterocycles. The third-order valence-electron chi connectivity index (χ3n) is 13.4. The molecule has 3 heteroatoms. The highest BCUT2D eigenvalue weighted by atomic mass is 15.2. The molecule has 0 radical (unpaired) electrons. The lowest BCUT2D eigenvalue weighted by Gasteiger charge is -2.32. The van der Waals surface area contributed by atoms with E-state index in [1.165, 1.54) is 43.8 Å². The van der Waals surface area contributed by atoms with Gasteiger partial charge in [0.2, 0.25) is 0 Å². The number of fused-ring (bicyclic) bond motifs is 6. The number of hydrogen-bond acceptors (Lipinski definition) is 3. The zero-order valence-electron chi connectivity index (χ0n) is 36.3. The second-order valence-corrected chi connectivity index (χ2v) is 16.8. The van der Waals surface area contributed by atoms with E-state index in [0.717, 1.165) is 64.0 Å². The molecule has 0 fully saturated rings. The monoisotopic (exact) mass is 823 g/mol. The lowest BCUT2D eigenvalue weighted by Crippen LogP contribution is -2.23.